The molecule has 1 aromatic heterocycles. The summed E-state index contributed by atoms with van der Waals surface area (Å²) in [6.45, 7) is 6.13. The number of nitrogens with two attached hydrogens (primary N) is 1. The van der Waals surface area contributed by atoms with Gasteiger partial charge in [0.15, 0.2) is 0 Å². The number of hydrogen-bond donors (Lipinski definition) is 1. The van der Waals surface area contributed by atoms with Gasteiger partial charge in [0.05, 0.1) is 11.9 Å². The summed E-state index contributed by atoms with van der Waals surface area (Å²) in [5, 5.41) is 8.74. The Kier molecular flexibility index (Phi) is 4.33. The van der Waals surface area contributed by atoms with Crippen molar-refractivity contribution in [2.45, 2.75) is 20.8 Å². The Morgan fingerprint density at radius 3 is 2.33 bits per heavy atom. The van der Waals surface area contributed by atoms with Crippen molar-refractivity contribution in [1.82, 2.24) is 9.97 Å². The van der Waals surface area contributed by atoms with E-state index in [1.54, 1.807) is 6.20 Å². The lowest BCUT2D eigenvalue weighted by Gasteiger charge is -2.06. The van der Waals surface area contributed by atoms with E-state index in [0.29, 0.717) is 11.4 Å². The Labute approximate surface area is 141 Å². The Morgan fingerprint density at radius 1 is 0.875 bits per heavy atom. The molecule has 1 heterocycles. The summed E-state index contributed by atoms with van der Waals surface area (Å²) in [6.07, 6.45) is 1.60. The van der Waals surface area contributed by atoms with Crippen LogP contribution in [0.5, 0.6) is 0 Å². The number of rotatable bonds is 3. The van der Waals surface area contributed by atoms with Gasteiger partial charge in [0, 0.05) is 5.56 Å². The predicted octanol–water partition coefficient (Wildman–Crippen LogP) is 5.07. The first-order valence-electron chi connectivity index (χ1n) is 7.72. The van der Waals surface area contributed by atoms with Crippen LogP contribution in [0.1, 0.15) is 16.7 Å². The highest BCUT2D eigenvalue weighted by Gasteiger charge is 2.09. The van der Waals surface area contributed by atoms with Crippen LogP contribution in [0.3, 0.4) is 0 Å². The summed E-state index contributed by atoms with van der Waals surface area (Å²) < 4.78 is 0. The molecule has 0 saturated carbocycles. The molecule has 3 rings (SSSR count). The second kappa shape index (κ2) is 6.58. The molecule has 0 unspecified atom stereocenters. The zero-order valence-electron chi connectivity index (χ0n) is 14.0. The molecular weight excluding hydrogens is 298 g/mol. The molecule has 0 radical (unpaired) electrons. The fraction of sp³-hybridized carbons (Fsp3) is 0.158. The van der Waals surface area contributed by atoms with Gasteiger partial charge in [0.2, 0.25) is 5.95 Å². The van der Waals surface area contributed by atoms with Gasteiger partial charge in [-0.3, -0.25) is 0 Å². The highest BCUT2D eigenvalue weighted by molar-refractivity contribution is 5.72. The molecule has 2 aromatic carbocycles. The van der Waals surface area contributed by atoms with Crippen molar-refractivity contribution in [2.75, 3.05) is 5.73 Å². The molecule has 0 bridgehead atoms. The van der Waals surface area contributed by atoms with Gasteiger partial charge in [0.25, 0.3) is 0 Å². The Hall–Kier alpha value is -3.08. The van der Waals surface area contributed by atoms with Crippen LogP contribution in [-0.4, -0.2) is 9.97 Å². The van der Waals surface area contributed by atoms with Gasteiger partial charge in [-0.05, 0) is 38.0 Å². The van der Waals surface area contributed by atoms with Crippen molar-refractivity contribution in [3.63, 3.8) is 0 Å². The molecule has 0 spiro atoms. The summed E-state index contributed by atoms with van der Waals surface area (Å²) in [5.41, 5.74) is 12.3. The number of aryl methyl sites for hydroxylation is 2. The number of anilines is 1. The van der Waals surface area contributed by atoms with Gasteiger partial charge in [0.1, 0.15) is 11.4 Å². The summed E-state index contributed by atoms with van der Waals surface area (Å²) >= 11 is 0. The topological polar surface area (TPSA) is 76.5 Å². The van der Waals surface area contributed by atoms with E-state index in [1.165, 1.54) is 11.1 Å². The molecule has 0 amide bonds. The number of benzene rings is 2. The lowest BCUT2D eigenvalue weighted by atomic mass is 10.1. The molecule has 5 nitrogen and oxygen atoms in total. The maximum absolute atomic E-state index is 5.75. The Balaban J connectivity index is 2.03. The van der Waals surface area contributed by atoms with Crippen LogP contribution < -0.4 is 5.73 Å². The minimum Gasteiger partial charge on any atom is -0.368 e. The quantitative estimate of drug-likeness (QED) is 0.685. The molecule has 0 saturated heterocycles. The van der Waals surface area contributed by atoms with E-state index in [1.807, 2.05) is 50.2 Å². The molecule has 2 N–H and O–H groups in total. The fourth-order valence-corrected chi connectivity index (χ4v) is 2.34. The zero-order chi connectivity index (χ0) is 17.1. The SMILES string of the molecule is Cc1ccc(-c2nc(N)ncc2N=Nc2cccc(C)c2C)cc1. The van der Waals surface area contributed by atoms with Crippen LogP contribution in [-0.2, 0) is 0 Å². The molecule has 0 aliphatic heterocycles. The third kappa shape index (κ3) is 3.30. The number of nitrogens with zero attached hydrogens (tertiary/aromatic N) is 4. The van der Waals surface area contributed by atoms with Gasteiger partial charge >= 0.3 is 0 Å². The summed E-state index contributed by atoms with van der Waals surface area (Å²) in [7, 11) is 0. The van der Waals surface area contributed by atoms with Crippen LogP contribution in [0, 0.1) is 20.8 Å². The van der Waals surface area contributed by atoms with Crippen molar-refractivity contribution >= 4 is 17.3 Å². The molecule has 0 aliphatic carbocycles. The molecule has 3 aromatic rings. The molecular formula is C19H19N5. The van der Waals surface area contributed by atoms with E-state index < -0.39 is 0 Å². The summed E-state index contributed by atoms with van der Waals surface area (Å²) in [6, 6.07) is 14.0. The van der Waals surface area contributed by atoms with Crippen LogP contribution in [0.15, 0.2) is 58.9 Å². The molecule has 0 aliphatic rings. The Morgan fingerprint density at radius 2 is 1.58 bits per heavy atom. The third-order valence-electron chi connectivity index (χ3n) is 3.95. The average Bonchev–Trinajstić information content (AvgIpc) is 2.58. The first-order valence-corrected chi connectivity index (χ1v) is 7.72. The third-order valence-corrected chi connectivity index (χ3v) is 3.95. The highest BCUT2D eigenvalue weighted by atomic mass is 15.1. The van der Waals surface area contributed by atoms with Crippen molar-refractivity contribution < 1.29 is 0 Å². The fourth-order valence-electron chi connectivity index (χ4n) is 2.34. The first-order chi connectivity index (χ1) is 11.5. The lowest BCUT2D eigenvalue weighted by Crippen LogP contribution is -1.96. The average molecular weight is 317 g/mol. The second-order valence-corrected chi connectivity index (χ2v) is 5.75. The molecule has 120 valence electrons. The molecule has 0 fully saturated rings. The normalized spacial score (nSPS) is 11.1. The molecule has 0 atom stereocenters. The van der Waals surface area contributed by atoms with Crippen LogP contribution >= 0.6 is 0 Å². The number of azo groups is 1. The van der Waals surface area contributed by atoms with Crippen molar-refractivity contribution in [3.05, 3.63) is 65.4 Å². The van der Waals surface area contributed by atoms with E-state index >= 15 is 0 Å². The van der Waals surface area contributed by atoms with E-state index in [0.717, 1.165) is 16.8 Å². The van der Waals surface area contributed by atoms with Gasteiger partial charge in [-0.1, -0.05) is 42.0 Å². The largest absolute Gasteiger partial charge is 0.368 e. The van der Waals surface area contributed by atoms with E-state index in [-0.39, 0.29) is 5.95 Å². The maximum atomic E-state index is 5.75. The van der Waals surface area contributed by atoms with E-state index in [9.17, 15) is 0 Å². The van der Waals surface area contributed by atoms with Crippen molar-refractivity contribution in [2.24, 2.45) is 10.2 Å². The van der Waals surface area contributed by atoms with Crippen molar-refractivity contribution in [3.8, 4) is 11.3 Å². The van der Waals surface area contributed by atoms with Crippen molar-refractivity contribution in [1.29, 1.82) is 0 Å². The standard InChI is InChI=1S/C19H19N5/c1-12-7-9-15(10-8-12)18-17(11-21-19(20)22-18)24-23-16-6-4-5-13(2)14(16)3/h4-11H,1-3H3,(H2,20,21,22). The van der Waals surface area contributed by atoms with Gasteiger partial charge in [-0.15, -0.1) is 5.11 Å². The van der Waals surface area contributed by atoms with Crippen LogP contribution in [0.4, 0.5) is 17.3 Å². The first kappa shape index (κ1) is 15.8. The number of nitrogen functional groups attached to an aromatic ring is 1. The van der Waals surface area contributed by atoms with E-state index in [2.05, 4.69) is 33.2 Å². The lowest BCUT2D eigenvalue weighted by molar-refractivity contribution is 1.13. The predicted molar refractivity (Wildman–Crippen MR) is 96.7 cm³/mol. The second-order valence-electron chi connectivity index (χ2n) is 5.75. The minimum atomic E-state index is 0.219. The summed E-state index contributed by atoms with van der Waals surface area (Å²) in [5.74, 6) is 0.219. The zero-order valence-corrected chi connectivity index (χ0v) is 14.0. The van der Waals surface area contributed by atoms with Gasteiger partial charge in [-0.25, -0.2) is 9.97 Å². The summed E-state index contributed by atoms with van der Waals surface area (Å²) in [4.78, 5) is 8.39. The minimum absolute atomic E-state index is 0.219. The highest BCUT2D eigenvalue weighted by Crippen LogP contribution is 2.31. The van der Waals surface area contributed by atoms with E-state index in [4.69, 9.17) is 5.73 Å². The maximum Gasteiger partial charge on any atom is 0.220 e. The number of hydrogen-bond acceptors (Lipinski definition) is 5. The molecule has 24 heavy (non-hydrogen) atoms. The van der Waals surface area contributed by atoms with Gasteiger partial charge in [-0.2, -0.15) is 5.11 Å². The Bertz CT molecular complexity index is 898. The molecule has 5 heteroatoms. The number of aromatic nitrogens is 2. The van der Waals surface area contributed by atoms with Crippen LogP contribution in [0.2, 0.25) is 0 Å². The van der Waals surface area contributed by atoms with Gasteiger partial charge < -0.3 is 5.73 Å². The smallest absolute Gasteiger partial charge is 0.220 e. The van der Waals surface area contributed by atoms with Crippen LogP contribution in [0.25, 0.3) is 11.3 Å². The monoisotopic (exact) mass is 317 g/mol.